The minimum Gasteiger partial charge on any atom is -0.507 e. The summed E-state index contributed by atoms with van der Waals surface area (Å²) in [6.45, 7) is 1.49. The fourth-order valence-electron chi connectivity index (χ4n) is 6.87. The van der Waals surface area contributed by atoms with Crippen molar-refractivity contribution in [2.45, 2.75) is 88.0 Å². The second-order valence-corrected chi connectivity index (χ2v) is 11.9. The molecule has 12 heteroatoms. The molecule has 6 rings (SSSR count). The molecular formula is C32H37NO11. The van der Waals surface area contributed by atoms with Crippen LogP contribution in [0.4, 0.5) is 0 Å². The largest absolute Gasteiger partial charge is 0.507 e. The lowest BCUT2D eigenvalue weighted by atomic mass is 9.72. The number of aliphatic hydroxyl groups is 2. The molecule has 7 atom stereocenters. The molecule has 12 nitrogen and oxygen atoms in total. The number of carbonyl (C=O) groups excluding carboxylic acids is 3. The van der Waals surface area contributed by atoms with Gasteiger partial charge in [-0.3, -0.25) is 14.4 Å². The molecule has 4 aliphatic rings. The number of rotatable bonds is 7. The Hall–Kier alpha value is -3.23. The molecule has 2 aliphatic carbocycles. The van der Waals surface area contributed by atoms with Crippen LogP contribution < -0.4 is 10.5 Å². The fraction of sp³-hybridized carbons (Fsp3) is 0.531. The third kappa shape index (κ3) is 5.24. The maximum Gasteiger partial charge on any atom is 0.201 e. The highest BCUT2D eigenvalue weighted by Crippen LogP contribution is 2.48. The monoisotopic (exact) mass is 611 g/mol. The molecule has 2 aliphatic heterocycles. The van der Waals surface area contributed by atoms with E-state index in [1.54, 1.807) is 19.1 Å². The number of carbonyl (C=O) groups is 3. The van der Waals surface area contributed by atoms with E-state index >= 15 is 0 Å². The molecular weight excluding hydrogens is 574 g/mol. The first kappa shape index (κ1) is 30.8. The van der Waals surface area contributed by atoms with Crippen LogP contribution in [0.3, 0.4) is 0 Å². The highest BCUT2D eigenvalue weighted by atomic mass is 16.7. The Morgan fingerprint density at radius 3 is 2.59 bits per heavy atom. The van der Waals surface area contributed by atoms with Crippen LogP contribution in [0.25, 0.3) is 0 Å². The molecule has 0 unspecified atom stereocenters. The summed E-state index contributed by atoms with van der Waals surface area (Å²) in [6.07, 6.45) is -1.17. The van der Waals surface area contributed by atoms with Gasteiger partial charge in [-0.05, 0) is 43.9 Å². The predicted molar refractivity (Wildman–Crippen MR) is 153 cm³/mol. The highest BCUT2D eigenvalue weighted by molar-refractivity contribution is 6.30. The molecule has 0 radical (unpaired) electrons. The smallest absolute Gasteiger partial charge is 0.201 e. The number of fused-ring (bicyclic) bond motifs is 3. The van der Waals surface area contributed by atoms with E-state index in [-0.39, 0.29) is 64.7 Å². The Morgan fingerprint density at radius 1 is 1.11 bits per heavy atom. The maximum atomic E-state index is 13.8. The molecule has 2 fully saturated rings. The Morgan fingerprint density at radius 2 is 1.91 bits per heavy atom. The van der Waals surface area contributed by atoms with E-state index in [0.717, 1.165) is 19.3 Å². The van der Waals surface area contributed by atoms with Crippen LogP contribution in [0.5, 0.6) is 11.5 Å². The Balaban J connectivity index is 1.34. The van der Waals surface area contributed by atoms with Gasteiger partial charge in [0.15, 0.2) is 24.1 Å². The van der Waals surface area contributed by atoms with E-state index in [4.69, 9.17) is 29.4 Å². The Labute approximate surface area is 254 Å². The standard InChI is InChI=1S/C32H37NO11/c1-15-31(44-23-8-3-4-9-41-23)19(33)11-24(42-15)43-21-13-32(39,22(35)14-34)12-16-10-18-27(29(37)25(16)21)30(38)26-17(28(18)36)6-5-7-20(26)40-2/h5-7,10,15,19,21,23-24,31,34,37,39H,3-4,8-9,11-14,33H2,1-2H3/t15-,19-,21-,23-,24-,31+,32-/m0/s1. The first-order valence-electron chi connectivity index (χ1n) is 14.9. The summed E-state index contributed by atoms with van der Waals surface area (Å²) >= 11 is 0. The molecule has 2 heterocycles. The van der Waals surface area contributed by atoms with Crippen molar-refractivity contribution < 1.29 is 53.4 Å². The third-order valence-electron chi connectivity index (χ3n) is 9.08. The maximum absolute atomic E-state index is 13.8. The lowest BCUT2D eigenvalue weighted by molar-refractivity contribution is -0.281. The quantitative estimate of drug-likeness (QED) is 0.305. The average molecular weight is 612 g/mol. The van der Waals surface area contributed by atoms with Gasteiger partial charge in [0.2, 0.25) is 5.78 Å². The number of nitrogens with two attached hydrogens (primary N) is 1. The molecule has 44 heavy (non-hydrogen) atoms. The summed E-state index contributed by atoms with van der Waals surface area (Å²) in [5.74, 6) is -2.27. The van der Waals surface area contributed by atoms with E-state index in [9.17, 15) is 29.7 Å². The van der Waals surface area contributed by atoms with Gasteiger partial charge in [-0.25, -0.2) is 0 Å². The number of aromatic hydroxyl groups is 1. The van der Waals surface area contributed by atoms with Crippen molar-refractivity contribution in [1.29, 1.82) is 0 Å². The van der Waals surface area contributed by atoms with E-state index < -0.39 is 66.0 Å². The van der Waals surface area contributed by atoms with Crippen LogP contribution >= 0.6 is 0 Å². The summed E-state index contributed by atoms with van der Waals surface area (Å²) < 4.78 is 29.6. The second kappa shape index (κ2) is 11.9. The first-order chi connectivity index (χ1) is 21.1. The van der Waals surface area contributed by atoms with E-state index in [0.29, 0.717) is 6.61 Å². The van der Waals surface area contributed by atoms with Gasteiger partial charge in [0.25, 0.3) is 0 Å². The lowest BCUT2D eigenvalue weighted by Crippen LogP contribution is -2.55. The first-order valence-corrected chi connectivity index (χ1v) is 14.9. The van der Waals surface area contributed by atoms with Crippen LogP contribution in [-0.4, -0.2) is 89.4 Å². The van der Waals surface area contributed by atoms with Gasteiger partial charge in [-0.2, -0.15) is 0 Å². The van der Waals surface area contributed by atoms with E-state index in [1.807, 2.05) is 0 Å². The number of hydrogen-bond donors (Lipinski definition) is 4. The number of methoxy groups -OCH3 is 1. The number of ether oxygens (including phenoxy) is 5. The number of phenolic OH excluding ortho intramolecular Hbond substituents is 1. The van der Waals surface area contributed by atoms with Gasteiger partial charge in [0.1, 0.15) is 29.8 Å². The summed E-state index contributed by atoms with van der Waals surface area (Å²) in [7, 11) is 1.38. The summed E-state index contributed by atoms with van der Waals surface area (Å²) in [6, 6.07) is 5.54. The molecule has 0 spiro atoms. The van der Waals surface area contributed by atoms with Gasteiger partial charge in [-0.15, -0.1) is 0 Å². The fourth-order valence-corrected chi connectivity index (χ4v) is 6.87. The van der Waals surface area contributed by atoms with Crippen LogP contribution in [0, 0.1) is 0 Å². The number of ketones is 3. The minimum absolute atomic E-state index is 0.0337. The summed E-state index contributed by atoms with van der Waals surface area (Å²) in [5, 5.41) is 32.7. The Kier molecular flexibility index (Phi) is 8.35. The lowest BCUT2D eigenvalue weighted by Gasteiger charge is -2.43. The van der Waals surface area contributed by atoms with Crippen molar-refractivity contribution in [2.75, 3.05) is 20.3 Å². The van der Waals surface area contributed by atoms with Crippen molar-refractivity contribution >= 4 is 17.3 Å². The average Bonchev–Trinajstić information content (AvgIpc) is 3.00. The van der Waals surface area contributed by atoms with Gasteiger partial charge < -0.3 is 44.7 Å². The van der Waals surface area contributed by atoms with Crippen LogP contribution in [0.1, 0.15) is 88.1 Å². The SMILES string of the molecule is COc1cccc2c1C(=O)c1c(cc3c(c1O)[C@@H](O[C@H]1C[C@H](N)[C@H](O[C@H]4CCCCO4)[C@H](C)O1)C[C@](O)(C(=O)CO)C3)C2=O. The molecule has 2 aromatic rings. The van der Waals surface area contributed by atoms with E-state index in [1.165, 1.54) is 19.2 Å². The zero-order valence-electron chi connectivity index (χ0n) is 24.6. The van der Waals surface area contributed by atoms with Gasteiger partial charge in [0, 0.05) is 48.6 Å². The number of hydrogen-bond acceptors (Lipinski definition) is 12. The zero-order valence-corrected chi connectivity index (χ0v) is 24.6. The number of phenols is 1. The molecule has 0 amide bonds. The van der Waals surface area contributed by atoms with Crippen LogP contribution in [0.2, 0.25) is 0 Å². The number of benzene rings is 2. The van der Waals surface area contributed by atoms with Crippen LogP contribution in [0.15, 0.2) is 24.3 Å². The van der Waals surface area contributed by atoms with Gasteiger partial charge in [-0.1, -0.05) is 12.1 Å². The van der Waals surface area contributed by atoms with Crippen molar-refractivity contribution in [2.24, 2.45) is 5.73 Å². The molecule has 0 saturated carbocycles. The predicted octanol–water partition coefficient (Wildman–Crippen LogP) is 1.85. The summed E-state index contributed by atoms with van der Waals surface area (Å²) in [5.41, 5.74) is 4.69. The van der Waals surface area contributed by atoms with Crippen LogP contribution in [-0.2, 0) is 30.2 Å². The van der Waals surface area contributed by atoms with Crippen molar-refractivity contribution in [1.82, 2.24) is 0 Å². The molecule has 0 bridgehead atoms. The van der Waals surface area contributed by atoms with Gasteiger partial charge >= 0.3 is 0 Å². The molecule has 5 N–H and O–H groups in total. The molecule has 2 saturated heterocycles. The molecule has 2 aromatic carbocycles. The normalized spacial score (nSPS) is 31.6. The van der Waals surface area contributed by atoms with Gasteiger partial charge in [0.05, 0.1) is 30.4 Å². The topological polar surface area (TPSA) is 184 Å². The molecule has 236 valence electrons. The minimum atomic E-state index is -2.07. The van der Waals surface area contributed by atoms with Crippen molar-refractivity contribution in [3.8, 4) is 11.5 Å². The Bertz CT molecular complexity index is 1470. The highest BCUT2D eigenvalue weighted by Gasteiger charge is 2.48. The third-order valence-corrected chi connectivity index (χ3v) is 9.08. The van der Waals surface area contributed by atoms with Crippen molar-refractivity contribution in [3.63, 3.8) is 0 Å². The number of Topliss-reactive ketones (excluding diaryl/α,β-unsaturated/α-hetero) is 1. The van der Waals surface area contributed by atoms with E-state index in [2.05, 4.69) is 0 Å². The zero-order chi connectivity index (χ0) is 31.3. The summed E-state index contributed by atoms with van der Waals surface area (Å²) in [4.78, 5) is 40.1. The molecule has 0 aromatic heterocycles. The van der Waals surface area contributed by atoms with Crippen molar-refractivity contribution in [3.05, 3.63) is 57.6 Å². The second-order valence-electron chi connectivity index (χ2n) is 11.9. The number of aliphatic hydroxyl groups excluding tert-OH is 1.